The van der Waals surface area contributed by atoms with E-state index in [1.165, 1.54) is 0 Å². The summed E-state index contributed by atoms with van der Waals surface area (Å²) in [6.45, 7) is 5.40. The van der Waals surface area contributed by atoms with Crippen LogP contribution in [0, 0.1) is 6.92 Å². The monoisotopic (exact) mass is 304 g/mol. The topological polar surface area (TPSA) is 89.1 Å². The van der Waals surface area contributed by atoms with Crippen molar-refractivity contribution >= 4 is 11.8 Å². The quantitative estimate of drug-likeness (QED) is 0.936. The second-order valence-corrected chi connectivity index (χ2v) is 5.51. The fourth-order valence-electron chi connectivity index (χ4n) is 2.74. The molecule has 0 aliphatic carbocycles. The number of amides is 2. The van der Waals surface area contributed by atoms with Gasteiger partial charge in [0.1, 0.15) is 11.5 Å². The summed E-state index contributed by atoms with van der Waals surface area (Å²) in [5.41, 5.74) is 0.805. The highest BCUT2D eigenvalue weighted by molar-refractivity contribution is 5.88. The van der Waals surface area contributed by atoms with Crippen LogP contribution in [0.1, 0.15) is 43.7 Å². The van der Waals surface area contributed by atoms with Gasteiger partial charge in [-0.15, -0.1) is 5.10 Å². The Balaban J connectivity index is 1.67. The van der Waals surface area contributed by atoms with E-state index in [9.17, 15) is 4.79 Å². The Labute approximate surface area is 128 Å². The molecule has 0 saturated carbocycles. The highest BCUT2D eigenvalue weighted by atomic mass is 16.5. The standard InChI is InChI=1S/C14H20N6O2/c1-3-6-19-9-13(16-18-19)15-14(21)20-7-4-5-12(20)11-8-10(2)22-17-11/h8-9,12H,3-7H2,1-2H3,(H,15,21)/t12-/m1/s1. The molecule has 2 aromatic heterocycles. The van der Waals surface area contributed by atoms with E-state index < -0.39 is 0 Å². The first-order chi connectivity index (χ1) is 10.7. The lowest BCUT2D eigenvalue weighted by molar-refractivity contribution is 0.204. The summed E-state index contributed by atoms with van der Waals surface area (Å²) >= 11 is 0. The lowest BCUT2D eigenvalue weighted by Crippen LogP contribution is -2.34. The Morgan fingerprint density at radius 1 is 1.55 bits per heavy atom. The number of likely N-dealkylation sites (tertiary alicyclic amines) is 1. The van der Waals surface area contributed by atoms with Crippen LogP contribution in [0.5, 0.6) is 0 Å². The van der Waals surface area contributed by atoms with Crippen molar-refractivity contribution in [2.24, 2.45) is 0 Å². The van der Waals surface area contributed by atoms with Crippen molar-refractivity contribution in [3.05, 3.63) is 23.7 Å². The lowest BCUT2D eigenvalue weighted by Gasteiger charge is -2.22. The zero-order valence-electron chi connectivity index (χ0n) is 12.8. The number of anilines is 1. The average molecular weight is 304 g/mol. The van der Waals surface area contributed by atoms with E-state index >= 15 is 0 Å². The highest BCUT2D eigenvalue weighted by Crippen LogP contribution is 2.31. The van der Waals surface area contributed by atoms with Gasteiger partial charge in [-0.2, -0.15) is 0 Å². The summed E-state index contributed by atoms with van der Waals surface area (Å²) in [5.74, 6) is 1.23. The Morgan fingerprint density at radius 3 is 3.14 bits per heavy atom. The van der Waals surface area contributed by atoms with Crippen LogP contribution >= 0.6 is 0 Å². The third kappa shape index (κ3) is 2.95. The third-order valence-corrected chi connectivity index (χ3v) is 3.73. The van der Waals surface area contributed by atoms with E-state index in [0.717, 1.165) is 37.3 Å². The van der Waals surface area contributed by atoms with Gasteiger partial charge in [-0.25, -0.2) is 4.79 Å². The van der Waals surface area contributed by atoms with Crippen LogP contribution in [0.25, 0.3) is 0 Å². The minimum absolute atomic E-state index is 0.0388. The van der Waals surface area contributed by atoms with Crippen molar-refractivity contribution in [2.45, 2.75) is 45.7 Å². The number of carbonyl (C=O) groups is 1. The fraction of sp³-hybridized carbons (Fsp3) is 0.571. The molecule has 3 heterocycles. The van der Waals surface area contributed by atoms with E-state index in [1.54, 1.807) is 15.8 Å². The molecule has 0 spiro atoms. The van der Waals surface area contributed by atoms with Gasteiger partial charge in [0.15, 0.2) is 5.82 Å². The summed E-state index contributed by atoms with van der Waals surface area (Å²) in [6, 6.07) is 1.67. The van der Waals surface area contributed by atoms with Gasteiger partial charge >= 0.3 is 6.03 Å². The lowest BCUT2D eigenvalue weighted by atomic mass is 10.1. The molecule has 8 heteroatoms. The van der Waals surface area contributed by atoms with Crippen LogP contribution in [0.15, 0.2) is 16.8 Å². The van der Waals surface area contributed by atoms with E-state index in [2.05, 4.69) is 27.7 Å². The number of carbonyl (C=O) groups excluding carboxylic acids is 1. The first-order valence-corrected chi connectivity index (χ1v) is 7.58. The molecule has 1 aliphatic heterocycles. The molecular weight excluding hydrogens is 284 g/mol. The number of nitrogens with zero attached hydrogens (tertiary/aromatic N) is 5. The van der Waals surface area contributed by atoms with Gasteiger partial charge in [0.05, 0.1) is 12.2 Å². The van der Waals surface area contributed by atoms with Gasteiger partial charge in [0.2, 0.25) is 0 Å². The van der Waals surface area contributed by atoms with Gasteiger partial charge in [0.25, 0.3) is 0 Å². The van der Waals surface area contributed by atoms with E-state index in [4.69, 9.17) is 4.52 Å². The molecule has 2 aromatic rings. The number of hydrogen-bond acceptors (Lipinski definition) is 5. The zero-order chi connectivity index (χ0) is 15.5. The molecule has 0 bridgehead atoms. The van der Waals surface area contributed by atoms with E-state index in [-0.39, 0.29) is 12.1 Å². The van der Waals surface area contributed by atoms with Crippen LogP contribution in [0.3, 0.4) is 0 Å². The molecule has 118 valence electrons. The molecule has 1 N–H and O–H groups in total. The predicted molar refractivity (Wildman–Crippen MR) is 79.3 cm³/mol. The fourth-order valence-corrected chi connectivity index (χ4v) is 2.74. The molecule has 1 saturated heterocycles. The largest absolute Gasteiger partial charge is 0.361 e. The Kier molecular flexibility index (Phi) is 4.08. The Hall–Kier alpha value is -2.38. The normalized spacial score (nSPS) is 17.9. The van der Waals surface area contributed by atoms with Crippen molar-refractivity contribution in [1.29, 1.82) is 0 Å². The Morgan fingerprint density at radius 2 is 2.41 bits per heavy atom. The first kappa shape index (κ1) is 14.6. The summed E-state index contributed by atoms with van der Waals surface area (Å²) < 4.78 is 6.84. The van der Waals surface area contributed by atoms with Crippen molar-refractivity contribution in [3.63, 3.8) is 0 Å². The molecule has 1 fully saturated rings. The molecule has 3 rings (SSSR count). The summed E-state index contributed by atoms with van der Waals surface area (Å²) in [7, 11) is 0. The van der Waals surface area contributed by atoms with Gasteiger partial charge < -0.3 is 9.42 Å². The van der Waals surface area contributed by atoms with Gasteiger partial charge in [-0.05, 0) is 26.2 Å². The van der Waals surface area contributed by atoms with Crippen LogP contribution in [-0.2, 0) is 6.54 Å². The SMILES string of the molecule is CCCn1cc(NC(=O)N2CCC[C@@H]2c2cc(C)on2)nn1. The first-order valence-electron chi connectivity index (χ1n) is 7.58. The zero-order valence-corrected chi connectivity index (χ0v) is 12.8. The van der Waals surface area contributed by atoms with Crippen molar-refractivity contribution in [3.8, 4) is 0 Å². The number of rotatable bonds is 4. The molecule has 0 radical (unpaired) electrons. The minimum Gasteiger partial charge on any atom is -0.361 e. The van der Waals surface area contributed by atoms with Crippen molar-refractivity contribution in [1.82, 2.24) is 25.1 Å². The second kappa shape index (κ2) is 6.17. The van der Waals surface area contributed by atoms with Gasteiger partial charge in [-0.1, -0.05) is 17.3 Å². The molecule has 2 amide bonds. The molecule has 22 heavy (non-hydrogen) atoms. The van der Waals surface area contributed by atoms with Crippen LogP contribution < -0.4 is 5.32 Å². The molecular formula is C14H20N6O2. The number of aryl methyl sites for hydroxylation is 2. The maximum absolute atomic E-state index is 12.5. The number of nitrogens with one attached hydrogen (secondary N) is 1. The minimum atomic E-state index is -0.174. The van der Waals surface area contributed by atoms with Crippen LogP contribution in [0.2, 0.25) is 0 Å². The number of hydrogen-bond donors (Lipinski definition) is 1. The summed E-state index contributed by atoms with van der Waals surface area (Å²) in [6.07, 6.45) is 4.55. The smallest absolute Gasteiger partial charge is 0.323 e. The Bertz CT molecular complexity index is 649. The maximum Gasteiger partial charge on any atom is 0.323 e. The average Bonchev–Trinajstić information content (AvgIpc) is 3.19. The summed E-state index contributed by atoms with van der Waals surface area (Å²) in [4.78, 5) is 14.2. The third-order valence-electron chi connectivity index (χ3n) is 3.73. The number of urea groups is 1. The van der Waals surface area contributed by atoms with E-state index in [1.807, 2.05) is 13.0 Å². The molecule has 0 unspecified atom stereocenters. The molecule has 0 aromatic carbocycles. The van der Waals surface area contributed by atoms with Gasteiger partial charge in [-0.3, -0.25) is 10.00 Å². The highest BCUT2D eigenvalue weighted by Gasteiger charge is 2.32. The molecule has 1 aliphatic rings. The van der Waals surface area contributed by atoms with E-state index in [0.29, 0.717) is 12.4 Å². The van der Waals surface area contributed by atoms with Crippen molar-refractivity contribution < 1.29 is 9.32 Å². The molecule has 1 atom stereocenters. The maximum atomic E-state index is 12.5. The van der Waals surface area contributed by atoms with Crippen molar-refractivity contribution in [2.75, 3.05) is 11.9 Å². The van der Waals surface area contributed by atoms with Crippen LogP contribution in [-0.4, -0.2) is 37.6 Å². The number of aromatic nitrogens is 4. The van der Waals surface area contributed by atoms with Crippen LogP contribution in [0.4, 0.5) is 10.6 Å². The second-order valence-electron chi connectivity index (χ2n) is 5.51. The predicted octanol–water partition coefficient (Wildman–Crippen LogP) is 2.35. The molecule has 8 nitrogen and oxygen atoms in total. The summed E-state index contributed by atoms with van der Waals surface area (Å²) in [5, 5.41) is 14.8. The van der Waals surface area contributed by atoms with Gasteiger partial charge in [0, 0.05) is 19.2 Å².